The second-order valence-corrected chi connectivity index (χ2v) is 7.63. The van der Waals surface area contributed by atoms with Gasteiger partial charge in [-0.2, -0.15) is 0 Å². The Morgan fingerprint density at radius 3 is 2.45 bits per heavy atom. The van der Waals surface area contributed by atoms with Crippen LogP contribution in [0.15, 0.2) is 59.4 Å². The van der Waals surface area contributed by atoms with Crippen molar-refractivity contribution >= 4 is 22.8 Å². The molecule has 1 aliphatic rings. The van der Waals surface area contributed by atoms with Gasteiger partial charge in [0.15, 0.2) is 5.56 Å². The van der Waals surface area contributed by atoms with Gasteiger partial charge in [0.05, 0.1) is 5.52 Å². The van der Waals surface area contributed by atoms with Gasteiger partial charge in [-0.15, -0.1) is 4.73 Å². The topological polar surface area (TPSA) is 118 Å². The minimum atomic E-state index is -1.28. The van der Waals surface area contributed by atoms with Crippen molar-refractivity contribution in [1.29, 1.82) is 0 Å². The van der Waals surface area contributed by atoms with E-state index in [1.54, 1.807) is 54.6 Å². The van der Waals surface area contributed by atoms with Crippen LogP contribution in [0.1, 0.15) is 28.8 Å². The quantitative estimate of drug-likeness (QED) is 0.511. The van der Waals surface area contributed by atoms with E-state index in [2.05, 4.69) is 5.32 Å². The summed E-state index contributed by atoms with van der Waals surface area (Å²) in [5, 5.41) is 22.9. The number of amides is 1. The molecular weight excluding hydrogens is 400 g/mol. The van der Waals surface area contributed by atoms with Crippen LogP contribution in [0.5, 0.6) is 5.75 Å². The first-order valence-corrected chi connectivity index (χ1v) is 10.0. The van der Waals surface area contributed by atoms with Crippen LogP contribution in [-0.2, 0) is 11.2 Å². The number of pyridine rings is 1. The van der Waals surface area contributed by atoms with E-state index in [1.165, 1.54) is 0 Å². The number of nitrogens with zero attached hydrogens (tertiary/aromatic N) is 1. The van der Waals surface area contributed by atoms with Crippen molar-refractivity contribution in [2.24, 2.45) is 5.92 Å². The second kappa shape index (κ2) is 8.51. The van der Waals surface area contributed by atoms with E-state index < -0.39 is 34.8 Å². The number of carboxylic acids is 1. The number of hydrogen-bond donors (Lipinski definition) is 3. The van der Waals surface area contributed by atoms with Crippen LogP contribution in [0.25, 0.3) is 10.9 Å². The smallest absolute Gasteiger partial charge is 0.326 e. The Morgan fingerprint density at radius 1 is 1.10 bits per heavy atom. The highest BCUT2D eigenvalue weighted by atomic mass is 16.7. The van der Waals surface area contributed by atoms with Crippen LogP contribution >= 0.6 is 0 Å². The Morgan fingerprint density at radius 2 is 1.77 bits per heavy atom. The number of aliphatic carboxylic acids is 1. The van der Waals surface area contributed by atoms with Crippen LogP contribution < -0.4 is 15.7 Å². The Labute approximate surface area is 177 Å². The molecule has 3 aromatic rings. The summed E-state index contributed by atoms with van der Waals surface area (Å²) in [5.74, 6) is -2.37. The van der Waals surface area contributed by atoms with Gasteiger partial charge in [-0.1, -0.05) is 42.5 Å². The van der Waals surface area contributed by atoms with Gasteiger partial charge in [-0.05, 0) is 36.5 Å². The summed E-state index contributed by atoms with van der Waals surface area (Å²) < 4.78 is 1.01. The van der Waals surface area contributed by atoms with Gasteiger partial charge < -0.3 is 20.4 Å². The van der Waals surface area contributed by atoms with Gasteiger partial charge in [0.25, 0.3) is 11.5 Å². The average Bonchev–Trinajstić information content (AvgIpc) is 3.58. The predicted molar refractivity (Wildman–Crippen MR) is 113 cm³/mol. The minimum Gasteiger partial charge on any atom is -0.506 e. The summed E-state index contributed by atoms with van der Waals surface area (Å²) in [4.78, 5) is 43.4. The fourth-order valence-corrected chi connectivity index (χ4v) is 3.38. The number of carbonyl (C=O) groups is 2. The fraction of sp³-hybridized carbons (Fsp3) is 0.261. The number of para-hydroxylation sites is 1. The van der Waals surface area contributed by atoms with E-state index >= 15 is 0 Å². The van der Waals surface area contributed by atoms with E-state index in [-0.39, 0.29) is 11.8 Å². The molecule has 8 nitrogen and oxygen atoms in total. The molecule has 2 aromatic carbocycles. The lowest BCUT2D eigenvalue weighted by Gasteiger charge is -2.17. The highest BCUT2D eigenvalue weighted by Gasteiger charge is 2.28. The van der Waals surface area contributed by atoms with Gasteiger partial charge in [0, 0.05) is 11.8 Å². The van der Waals surface area contributed by atoms with Crippen molar-refractivity contribution in [3.63, 3.8) is 0 Å². The van der Waals surface area contributed by atoms with E-state index in [9.17, 15) is 24.6 Å². The summed E-state index contributed by atoms with van der Waals surface area (Å²) in [7, 11) is 0. The first-order valence-electron chi connectivity index (χ1n) is 10.0. The number of benzene rings is 2. The molecule has 0 aliphatic heterocycles. The summed E-state index contributed by atoms with van der Waals surface area (Å²) in [6.45, 7) is 0.321. The van der Waals surface area contributed by atoms with Gasteiger partial charge in [0.2, 0.25) is 0 Å². The third kappa shape index (κ3) is 4.37. The summed E-state index contributed by atoms with van der Waals surface area (Å²) >= 11 is 0. The summed E-state index contributed by atoms with van der Waals surface area (Å²) in [6.07, 6.45) is 2.05. The molecule has 0 bridgehead atoms. The second-order valence-electron chi connectivity index (χ2n) is 7.63. The highest BCUT2D eigenvalue weighted by Crippen LogP contribution is 2.29. The van der Waals surface area contributed by atoms with E-state index in [1.807, 2.05) is 0 Å². The number of aromatic hydroxyl groups is 1. The molecule has 0 radical (unpaired) electrons. The molecule has 1 amide bonds. The largest absolute Gasteiger partial charge is 0.506 e. The van der Waals surface area contributed by atoms with Gasteiger partial charge in [-0.25, -0.2) is 4.79 Å². The number of fused-ring (bicyclic) bond motifs is 1. The number of carboxylic acid groups (broad SMARTS) is 1. The van der Waals surface area contributed by atoms with Crippen LogP contribution in [0.4, 0.5) is 0 Å². The Kier molecular flexibility index (Phi) is 5.62. The molecule has 0 saturated heterocycles. The lowest BCUT2D eigenvalue weighted by molar-refractivity contribution is -0.139. The van der Waals surface area contributed by atoms with Crippen molar-refractivity contribution in [3.05, 3.63) is 76.1 Å². The van der Waals surface area contributed by atoms with Crippen LogP contribution in [0.3, 0.4) is 0 Å². The van der Waals surface area contributed by atoms with E-state index in [0.29, 0.717) is 23.6 Å². The van der Waals surface area contributed by atoms with Gasteiger partial charge in [-0.3, -0.25) is 9.59 Å². The minimum absolute atomic E-state index is 0.0304. The zero-order valence-electron chi connectivity index (χ0n) is 16.7. The van der Waals surface area contributed by atoms with Gasteiger partial charge in [0.1, 0.15) is 18.4 Å². The van der Waals surface area contributed by atoms with Crippen molar-refractivity contribution in [1.82, 2.24) is 10.0 Å². The van der Waals surface area contributed by atoms with Crippen molar-refractivity contribution in [2.45, 2.75) is 25.3 Å². The first kappa shape index (κ1) is 20.5. The Hall–Kier alpha value is -3.81. The molecule has 31 heavy (non-hydrogen) atoms. The molecule has 1 unspecified atom stereocenters. The molecule has 1 aromatic heterocycles. The maximum Gasteiger partial charge on any atom is 0.326 e. The van der Waals surface area contributed by atoms with E-state index in [0.717, 1.165) is 17.6 Å². The van der Waals surface area contributed by atoms with Crippen LogP contribution in [0, 0.1) is 5.92 Å². The standard InChI is InChI=1S/C23H22N2O6/c26-20-16-8-4-5-9-18(16)25(31-13-15-10-11-15)22(28)19(20)21(27)24-17(23(29)30)12-14-6-2-1-3-7-14/h1-9,15,17,26H,10-13H2,(H,24,27)(H,29,30). The average molecular weight is 422 g/mol. The van der Waals surface area contributed by atoms with Crippen LogP contribution in [-0.4, -0.2) is 39.5 Å². The lowest BCUT2D eigenvalue weighted by Crippen LogP contribution is -2.45. The molecule has 1 saturated carbocycles. The molecule has 3 N–H and O–H groups in total. The van der Waals surface area contributed by atoms with Crippen LogP contribution in [0.2, 0.25) is 0 Å². The number of aromatic nitrogens is 1. The number of nitrogens with one attached hydrogen (secondary N) is 1. The molecule has 1 fully saturated rings. The number of rotatable bonds is 8. The SMILES string of the molecule is O=C(NC(Cc1ccccc1)C(=O)O)c1c(O)c2ccccc2n(OCC2CC2)c1=O. The third-order valence-electron chi connectivity index (χ3n) is 5.26. The zero-order chi connectivity index (χ0) is 22.0. The molecule has 1 heterocycles. The molecule has 0 spiro atoms. The molecule has 1 atom stereocenters. The molecule has 4 rings (SSSR count). The summed E-state index contributed by atoms with van der Waals surface area (Å²) in [6, 6.07) is 14.1. The zero-order valence-corrected chi connectivity index (χ0v) is 16.7. The highest BCUT2D eigenvalue weighted by molar-refractivity contribution is 6.03. The third-order valence-corrected chi connectivity index (χ3v) is 5.26. The van der Waals surface area contributed by atoms with Crippen molar-refractivity contribution in [2.75, 3.05) is 6.61 Å². The molecule has 160 valence electrons. The van der Waals surface area contributed by atoms with Gasteiger partial charge >= 0.3 is 5.97 Å². The monoisotopic (exact) mass is 422 g/mol. The first-order chi connectivity index (χ1) is 15.0. The fourth-order valence-electron chi connectivity index (χ4n) is 3.38. The number of carbonyl (C=O) groups excluding carboxylic acids is 1. The Bertz CT molecular complexity index is 1180. The lowest BCUT2D eigenvalue weighted by atomic mass is 10.0. The number of hydrogen-bond acceptors (Lipinski definition) is 5. The maximum atomic E-state index is 13.1. The maximum absolute atomic E-state index is 13.1. The molecule has 8 heteroatoms. The Balaban J connectivity index is 1.69. The van der Waals surface area contributed by atoms with E-state index in [4.69, 9.17) is 4.84 Å². The normalized spacial score (nSPS) is 14.2. The molecular formula is C23H22N2O6. The molecule has 1 aliphatic carbocycles. The predicted octanol–water partition coefficient (Wildman–Crippen LogP) is 1.97. The van der Waals surface area contributed by atoms with Crippen molar-refractivity contribution in [3.8, 4) is 5.75 Å². The van der Waals surface area contributed by atoms with Crippen molar-refractivity contribution < 1.29 is 24.6 Å². The summed E-state index contributed by atoms with van der Waals surface area (Å²) in [5.41, 5.74) is -0.337.